The summed E-state index contributed by atoms with van der Waals surface area (Å²) in [6.07, 6.45) is 7.29. The van der Waals surface area contributed by atoms with Gasteiger partial charge in [0.15, 0.2) is 5.82 Å². The Kier molecular flexibility index (Phi) is 6.33. The molecule has 4 rings (SSSR count). The third-order valence-corrected chi connectivity index (χ3v) is 5.23. The van der Waals surface area contributed by atoms with Gasteiger partial charge in [-0.25, -0.2) is 9.97 Å². The summed E-state index contributed by atoms with van der Waals surface area (Å²) in [5.41, 5.74) is 7.98. The summed E-state index contributed by atoms with van der Waals surface area (Å²) in [7, 11) is 0. The van der Waals surface area contributed by atoms with E-state index >= 15 is 0 Å². The van der Waals surface area contributed by atoms with Crippen molar-refractivity contribution in [1.82, 2.24) is 9.97 Å². The Balaban J connectivity index is 1.77. The Morgan fingerprint density at radius 1 is 0.656 bits per heavy atom. The molecule has 2 heteroatoms. The van der Waals surface area contributed by atoms with Crippen LogP contribution in [0.3, 0.4) is 0 Å². The van der Waals surface area contributed by atoms with Gasteiger partial charge in [-0.1, -0.05) is 123 Å². The number of allylic oxidation sites excluding steroid dienone is 4. The van der Waals surface area contributed by atoms with Gasteiger partial charge in [0.2, 0.25) is 0 Å². The first kappa shape index (κ1) is 21.0. The number of aromatic nitrogens is 2. The largest absolute Gasteiger partial charge is 0.228 e. The molecule has 0 amide bonds. The van der Waals surface area contributed by atoms with E-state index in [1.807, 2.05) is 36.4 Å². The molecule has 154 valence electrons. The fourth-order valence-corrected chi connectivity index (χ4v) is 3.49. The van der Waals surface area contributed by atoms with Crippen LogP contribution in [0.4, 0.5) is 0 Å². The minimum Gasteiger partial charge on any atom is -0.228 e. The average molecular weight is 413 g/mol. The van der Waals surface area contributed by atoms with E-state index in [1.165, 1.54) is 0 Å². The van der Waals surface area contributed by atoms with Gasteiger partial charge in [-0.2, -0.15) is 0 Å². The maximum atomic E-state index is 4.87. The lowest BCUT2D eigenvalue weighted by molar-refractivity contribution is 1.16. The van der Waals surface area contributed by atoms with Gasteiger partial charge in [0.1, 0.15) is 0 Å². The molecule has 0 spiro atoms. The molecule has 32 heavy (non-hydrogen) atoms. The first-order valence-corrected chi connectivity index (χ1v) is 10.4. The van der Waals surface area contributed by atoms with Crippen LogP contribution in [0.2, 0.25) is 0 Å². The SMILES string of the molecule is C=C/C=C(\C=C)c1cc(-c2ccccc2)nc(-c2ccc(-c3ccc(C=C)cc3)cc2)n1. The summed E-state index contributed by atoms with van der Waals surface area (Å²) in [5, 5.41) is 0. The molecule has 0 radical (unpaired) electrons. The fraction of sp³-hybridized carbons (Fsp3) is 0. The van der Waals surface area contributed by atoms with Crippen LogP contribution in [0, 0.1) is 0 Å². The topological polar surface area (TPSA) is 25.8 Å². The van der Waals surface area contributed by atoms with Crippen LogP contribution in [-0.4, -0.2) is 9.97 Å². The molecule has 3 aromatic carbocycles. The predicted octanol–water partition coefficient (Wildman–Crippen LogP) is 7.88. The molecule has 0 aliphatic rings. The summed E-state index contributed by atoms with van der Waals surface area (Å²) >= 11 is 0. The highest BCUT2D eigenvalue weighted by atomic mass is 14.9. The van der Waals surface area contributed by atoms with Crippen molar-refractivity contribution in [2.45, 2.75) is 0 Å². The maximum Gasteiger partial charge on any atom is 0.160 e. The summed E-state index contributed by atoms with van der Waals surface area (Å²) < 4.78 is 0. The highest BCUT2D eigenvalue weighted by molar-refractivity contribution is 5.77. The summed E-state index contributed by atoms with van der Waals surface area (Å²) in [5.74, 6) is 0.673. The zero-order valence-electron chi connectivity index (χ0n) is 17.9. The van der Waals surface area contributed by atoms with Gasteiger partial charge in [-0.3, -0.25) is 0 Å². The third kappa shape index (κ3) is 4.55. The van der Waals surface area contributed by atoms with Crippen LogP contribution in [0.25, 0.3) is 45.4 Å². The molecule has 0 N–H and O–H groups in total. The van der Waals surface area contributed by atoms with Crippen molar-refractivity contribution in [3.8, 4) is 33.8 Å². The zero-order chi connectivity index (χ0) is 22.3. The van der Waals surface area contributed by atoms with Gasteiger partial charge in [0.05, 0.1) is 11.4 Å². The first-order chi connectivity index (χ1) is 15.7. The van der Waals surface area contributed by atoms with Gasteiger partial charge in [-0.15, -0.1) is 0 Å². The molecule has 4 aromatic rings. The van der Waals surface area contributed by atoms with Crippen LogP contribution in [-0.2, 0) is 0 Å². The van der Waals surface area contributed by atoms with Gasteiger partial charge < -0.3 is 0 Å². The Hall–Kier alpha value is -4.30. The molecule has 0 saturated carbocycles. The zero-order valence-corrected chi connectivity index (χ0v) is 17.9. The highest BCUT2D eigenvalue weighted by Crippen LogP contribution is 2.28. The maximum absolute atomic E-state index is 4.87. The smallest absolute Gasteiger partial charge is 0.160 e. The minimum atomic E-state index is 0.673. The second-order valence-electron chi connectivity index (χ2n) is 7.29. The monoisotopic (exact) mass is 412 g/mol. The second kappa shape index (κ2) is 9.67. The Morgan fingerprint density at radius 3 is 1.88 bits per heavy atom. The Bertz CT molecular complexity index is 1280. The predicted molar refractivity (Wildman–Crippen MR) is 137 cm³/mol. The van der Waals surface area contributed by atoms with E-state index in [0.717, 1.165) is 44.8 Å². The lowest BCUT2D eigenvalue weighted by atomic mass is 10.0. The highest BCUT2D eigenvalue weighted by Gasteiger charge is 2.11. The van der Waals surface area contributed by atoms with E-state index in [4.69, 9.17) is 9.97 Å². The van der Waals surface area contributed by atoms with Crippen molar-refractivity contribution in [3.63, 3.8) is 0 Å². The third-order valence-electron chi connectivity index (χ3n) is 5.23. The van der Waals surface area contributed by atoms with Crippen molar-refractivity contribution >= 4 is 11.6 Å². The van der Waals surface area contributed by atoms with E-state index in [1.54, 1.807) is 12.2 Å². The summed E-state index contributed by atoms with van der Waals surface area (Å²) in [6.45, 7) is 11.6. The Morgan fingerprint density at radius 2 is 1.28 bits per heavy atom. The molecule has 2 nitrogen and oxygen atoms in total. The molecular formula is C30H24N2. The van der Waals surface area contributed by atoms with Crippen LogP contribution >= 0.6 is 0 Å². The molecule has 0 aliphatic carbocycles. The van der Waals surface area contributed by atoms with Crippen LogP contribution in [0.5, 0.6) is 0 Å². The Labute approximate surface area is 189 Å². The van der Waals surface area contributed by atoms with E-state index in [-0.39, 0.29) is 0 Å². The first-order valence-electron chi connectivity index (χ1n) is 10.4. The number of benzene rings is 3. The molecule has 0 saturated heterocycles. The lowest BCUT2D eigenvalue weighted by Crippen LogP contribution is -1.97. The molecule has 1 aromatic heterocycles. The minimum absolute atomic E-state index is 0.673. The van der Waals surface area contributed by atoms with Gasteiger partial charge in [0, 0.05) is 11.1 Å². The van der Waals surface area contributed by atoms with Crippen LogP contribution in [0.15, 0.2) is 123 Å². The van der Waals surface area contributed by atoms with Crippen molar-refractivity contribution in [1.29, 1.82) is 0 Å². The van der Waals surface area contributed by atoms with Crippen molar-refractivity contribution in [3.05, 3.63) is 134 Å². The van der Waals surface area contributed by atoms with Gasteiger partial charge in [0.25, 0.3) is 0 Å². The van der Waals surface area contributed by atoms with Crippen LogP contribution in [0.1, 0.15) is 11.3 Å². The summed E-state index contributed by atoms with van der Waals surface area (Å²) in [4.78, 5) is 9.70. The van der Waals surface area contributed by atoms with Crippen molar-refractivity contribution in [2.75, 3.05) is 0 Å². The van der Waals surface area contributed by atoms with E-state index < -0.39 is 0 Å². The van der Waals surface area contributed by atoms with E-state index in [2.05, 4.69) is 80.4 Å². The lowest BCUT2D eigenvalue weighted by Gasteiger charge is -2.10. The molecule has 1 heterocycles. The second-order valence-corrected chi connectivity index (χ2v) is 7.29. The molecule has 0 unspecified atom stereocenters. The van der Waals surface area contributed by atoms with Crippen molar-refractivity contribution in [2.24, 2.45) is 0 Å². The summed E-state index contributed by atoms with van der Waals surface area (Å²) in [6, 6.07) is 28.8. The standard InChI is InChI=1S/C30H24N2/c1-4-10-23(6-3)28-21-29(26-11-8-7-9-12-26)32-30(31-28)27-19-17-25(18-20-27)24-15-13-22(5-2)14-16-24/h4-21H,1-3H2/b23-10+. The molecule has 0 bridgehead atoms. The van der Waals surface area contributed by atoms with Gasteiger partial charge >= 0.3 is 0 Å². The average Bonchev–Trinajstić information content (AvgIpc) is 2.87. The molecule has 0 aliphatic heterocycles. The van der Waals surface area contributed by atoms with Gasteiger partial charge in [-0.05, 0) is 28.3 Å². The normalized spacial score (nSPS) is 11.1. The quantitative estimate of drug-likeness (QED) is 0.289. The van der Waals surface area contributed by atoms with E-state index in [9.17, 15) is 0 Å². The molecule has 0 fully saturated rings. The molecule has 0 atom stereocenters. The number of nitrogens with zero attached hydrogens (tertiary/aromatic N) is 2. The number of hydrogen-bond acceptors (Lipinski definition) is 2. The molecular weight excluding hydrogens is 388 g/mol. The number of hydrogen-bond donors (Lipinski definition) is 0. The van der Waals surface area contributed by atoms with Crippen molar-refractivity contribution < 1.29 is 0 Å². The fourth-order valence-electron chi connectivity index (χ4n) is 3.49. The van der Waals surface area contributed by atoms with Crippen LogP contribution < -0.4 is 0 Å². The number of rotatable bonds is 7. The van der Waals surface area contributed by atoms with E-state index in [0.29, 0.717) is 5.82 Å².